The van der Waals surface area contributed by atoms with Crippen molar-refractivity contribution in [3.8, 4) is 56.2 Å². The molecule has 0 radical (unpaired) electrons. The molecule has 1 spiro atoms. The monoisotopic (exact) mass is 742 g/mol. The van der Waals surface area contributed by atoms with Gasteiger partial charge in [-0.05, 0) is 109 Å². The number of rotatable bonds is 4. The van der Waals surface area contributed by atoms with Crippen LogP contribution in [0, 0.1) is 0 Å². The van der Waals surface area contributed by atoms with Gasteiger partial charge in [0.2, 0.25) is 0 Å². The molecule has 1 aliphatic heterocycles. The summed E-state index contributed by atoms with van der Waals surface area (Å²) in [6, 6.07) is 66.6. The van der Waals surface area contributed by atoms with Crippen LogP contribution in [-0.2, 0) is 11.8 Å². The van der Waals surface area contributed by atoms with E-state index in [4.69, 9.17) is 9.97 Å². The molecule has 0 atom stereocenters. The smallest absolute Gasteiger partial charge is 0.161 e. The molecule has 0 saturated heterocycles. The van der Waals surface area contributed by atoms with Crippen LogP contribution in [-0.4, -0.2) is 9.97 Å². The predicted octanol–water partition coefficient (Wildman–Crippen LogP) is 13.7. The van der Waals surface area contributed by atoms with Gasteiger partial charge in [0, 0.05) is 26.5 Å². The van der Waals surface area contributed by atoms with E-state index in [9.17, 15) is 0 Å². The van der Waals surface area contributed by atoms with Crippen LogP contribution in [0.2, 0.25) is 0 Å². The van der Waals surface area contributed by atoms with E-state index in [0.717, 1.165) is 45.6 Å². The van der Waals surface area contributed by atoms with E-state index < -0.39 is 5.41 Å². The van der Waals surface area contributed by atoms with E-state index in [-0.39, 0.29) is 0 Å². The molecule has 266 valence electrons. The molecule has 2 heterocycles. The van der Waals surface area contributed by atoms with Crippen molar-refractivity contribution in [2.45, 2.75) is 21.6 Å². The molecular weight excluding hydrogens is 709 g/mol. The van der Waals surface area contributed by atoms with Gasteiger partial charge in [0.1, 0.15) is 0 Å². The summed E-state index contributed by atoms with van der Waals surface area (Å²) in [5.74, 6) is 0.712. The molecule has 0 unspecified atom stereocenters. The minimum absolute atomic E-state index is 0.448. The molecule has 9 aromatic rings. The van der Waals surface area contributed by atoms with Crippen molar-refractivity contribution < 1.29 is 0 Å². The van der Waals surface area contributed by atoms with Crippen LogP contribution in [0.5, 0.6) is 0 Å². The highest BCUT2D eigenvalue weighted by Gasteiger charge is 2.50. The zero-order valence-corrected chi connectivity index (χ0v) is 31.8. The Morgan fingerprint density at radius 1 is 0.439 bits per heavy atom. The summed E-state index contributed by atoms with van der Waals surface area (Å²) in [4.78, 5) is 13.3. The van der Waals surface area contributed by atoms with Gasteiger partial charge in [-0.25, -0.2) is 9.97 Å². The van der Waals surface area contributed by atoms with Crippen molar-refractivity contribution in [2.75, 3.05) is 0 Å². The second-order valence-corrected chi connectivity index (χ2v) is 16.3. The van der Waals surface area contributed by atoms with Gasteiger partial charge in [0.05, 0.1) is 16.8 Å². The second kappa shape index (κ2) is 12.6. The van der Waals surface area contributed by atoms with Gasteiger partial charge in [-0.1, -0.05) is 170 Å². The minimum Gasteiger partial charge on any atom is -0.228 e. The lowest BCUT2D eigenvalue weighted by Gasteiger charge is -2.40. The molecule has 2 nitrogen and oxygen atoms in total. The minimum atomic E-state index is -0.448. The fraction of sp³-hybridized carbons (Fsp3) is 0.0370. The molecule has 12 rings (SSSR count). The summed E-state index contributed by atoms with van der Waals surface area (Å²) in [7, 11) is 0. The third kappa shape index (κ3) is 4.86. The van der Waals surface area contributed by atoms with Crippen LogP contribution < -0.4 is 0 Å². The number of allylic oxidation sites excluding steroid dienone is 1. The van der Waals surface area contributed by atoms with E-state index in [1.807, 2.05) is 11.8 Å². The van der Waals surface area contributed by atoms with Gasteiger partial charge in [-0.15, -0.1) is 0 Å². The van der Waals surface area contributed by atoms with E-state index >= 15 is 0 Å². The fourth-order valence-electron chi connectivity index (χ4n) is 9.73. The molecule has 3 heteroatoms. The highest BCUT2D eigenvalue weighted by Crippen LogP contribution is 2.62. The Balaban J connectivity index is 1.08. The average Bonchev–Trinajstić information content (AvgIpc) is 3.57. The second-order valence-electron chi connectivity index (χ2n) is 15.2. The Morgan fingerprint density at radius 3 is 1.88 bits per heavy atom. The maximum atomic E-state index is 5.42. The summed E-state index contributed by atoms with van der Waals surface area (Å²) in [5, 5.41) is 2.58. The average molecular weight is 743 g/mol. The van der Waals surface area contributed by atoms with Gasteiger partial charge in [0.15, 0.2) is 5.82 Å². The number of aromatic nitrogens is 2. The topological polar surface area (TPSA) is 25.8 Å². The lowest BCUT2D eigenvalue weighted by molar-refractivity contribution is 0.723. The largest absolute Gasteiger partial charge is 0.228 e. The SMILES string of the molecule is C1=Cc2cc(-c3cc(-c4ccccc4)nc(-c4ccccc4-c4ccc5c(c4)C4(c6ccccc6S5)c5ccccc5-c5ccccc54)n3)cc3cccc(c23)C1. The molecule has 57 heavy (non-hydrogen) atoms. The molecule has 3 aliphatic rings. The summed E-state index contributed by atoms with van der Waals surface area (Å²) < 4.78 is 0. The number of hydrogen-bond donors (Lipinski definition) is 0. The van der Waals surface area contributed by atoms with Crippen LogP contribution >= 0.6 is 11.8 Å². The van der Waals surface area contributed by atoms with Crippen LogP contribution in [0.1, 0.15) is 33.4 Å². The van der Waals surface area contributed by atoms with Crippen molar-refractivity contribution in [1.29, 1.82) is 0 Å². The quantitative estimate of drug-likeness (QED) is 0.180. The van der Waals surface area contributed by atoms with E-state index in [0.29, 0.717) is 5.82 Å². The lowest BCUT2D eigenvalue weighted by Crippen LogP contribution is -2.32. The Bertz CT molecular complexity index is 3100. The van der Waals surface area contributed by atoms with E-state index in [2.05, 4.69) is 194 Å². The molecule has 2 aliphatic carbocycles. The molecule has 0 bridgehead atoms. The first-order valence-corrected chi connectivity index (χ1v) is 20.4. The van der Waals surface area contributed by atoms with Crippen molar-refractivity contribution >= 4 is 28.6 Å². The van der Waals surface area contributed by atoms with Crippen molar-refractivity contribution in [2.24, 2.45) is 0 Å². The van der Waals surface area contributed by atoms with Crippen molar-refractivity contribution in [3.63, 3.8) is 0 Å². The van der Waals surface area contributed by atoms with Gasteiger partial charge in [-0.2, -0.15) is 0 Å². The molecule has 8 aromatic carbocycles. The summed E-state index contributed by atoms with van der Waals surface area (Å²) >= 11 is 1.88. The summed E-state index contributed by atoms with van der Waals surface area (Å²) in [5.41, 5.74) is 17.3. The normalized spacial score (nSPS) is 13.9. The number of hydrogen-bond acceptors (Lipinski definition) is 3. The molecule has 0 saturated carbocycles. The number of nitrogens with zero attached hydrogens (tertiary/aromatic N) is 2. The first-order chi connectivity index (χ1) is 28.2. The predicted molar refractivity (Wildman–Crippen MR) is 235 cm³/mol. The van der Waals surface area contributed by atoms with Crippen LogP contribution in [0.15, 0.2) is 198 Å². The van der Waals surface area contributed by atoms with Crippen molar-refractivity contribution in [3.05, 3.63) is 221 Å². The van der Waals surface area contributed by atoms with Crippen LogP contribution in [0.4, 0.5) is 0 Å². The first kappa shape index (κ1) is 32.4. The zero-order chi connectivity index (χ0) is 37.5. The summed E-state index contributed by atoms with van der Waals surface area (Å²) in [6.45, 7) is 0. The highest BCUT2D eigenvalue weighted by atomic mass is 32.2. The number of fused-ring (bicyclic) bond motifs is 9. The fourth-order valence-corrected chi connectivity index (χ4v) is 10.9. The van der Waals surface area contributed by atoms with Crippen molar-refractivity contribution in [1.82, 2.24) is 9.97 Å². The Hall–Kier alpha value is -6.81. The van der Waals surface area contributed by atoms with Crippen LogP contribution in [0.25, 0.3) is 73.0 Å². The van der Waals surface area contributed by atoms with Gasteiger partial charge >= 0.3 is 0 Å². The van der Waals surface area contributed by atoms with Gasteiger partial charge in [-0.3, -0.25) is 0 Å². The van der Waals surface area contributed by atoms with Gasteiger partial charge < -0.3 is 0 Å². The number of benzene rings is 8. The Labute approximate surface area is 336 Å². The van der Waals surface area contributed by atoms with Gasteiger partial charge in [0.25, 0.3) is 0 Å². The Kier molecular flexibility index (Phi) is 7.17. The highest BCUT2D eigenvalue weighted by molar-refractivity contribution is 7.99. The molecule has 0 amide bonds. The van der Waals surface area contributed by atoms with E-state index in [1.165, 1.54) is 65.1 Å². The first-order valence-electron chi connectivity index (χ1n) is 19.6. The molecule has 0 fully saturated rings. The molecular formula is C54H34N2S. The Morgan fingerprint density at radius 2 is 1.09 bits per heavy atom. The summed E-state index contributed by atoms with van der Waals surface area (Å²) in [6.07, 6.45) is 5.49. The third-order valence-corrected chi connectivity index (χ3v) is 13.3. The zero-order valence-electron chi connectivity index (χ0n) is 31.0. The molecule has 0 N–H and O–H groups in total. The van der Waals surface area contributed by atoms with E-state index in [1.54, 1.807) is 0 Å². The maximum Gasteiger partial charge on any atom is 0.161 e. The van der Waals surface area contributed by atoms with Crippen LogP contribution in [0.3, 0.4) is 0 Å². The standard InChI is InChI=1S/C54H34N2S/c1-2-14-34(15-3-1)48-33-49(39-30-37-18-12-16-35-17-13-19-38(31-39)52(35)37)56-53(55-48)43-23-5-4-20-40(43)36-28-29-51-47(32-36)54(46-26-10-11-27-50(46)57-51)44-24-8-6-21-41(44)42-22-7-9-25-45(42)54/h1-16,18-33H,17H2. The maximum absolute atomic E-state index is 5.42. The lowest BCUT2D eigenvalue weighted by atomic mass is 9.67. The third-order valence-electron chi connectivity index (χ3n) is 12.1. The molecule has 1 aromatic heterocycles.